The van der Waals surface area contributed by atoms with Crippen molar-refractivity contribution in [1.82, 2.24) is 14.9 Å². The summed E-state index contributed by atoms with van der Waals surface area (Å²) < 4.78 is 31.2. The third kappa shape index (κ3) is 4.95. The van der Waals surface area contributed by atoms with E-state index in [1.165, 1.54) is 12.6 Å². The summed E-state index contributed by atoms with van der Waals surface area (Å²) in [5, 5.41) is 0. The van der Waals surface area contributed by atoms with Gasteiger partial charge in [-0.15, -0.1) is 0 Å². The fourth-order valence-electron chi connectivity index (χ4n) is 4.00. The van der Waals surface area contributed by atoms with Gasteiger partial charge in [0, 0.05) is 55.4 Å². The van der Waals surface area contributed by atoms with Gasteiger partial charge >= 0.3 is 6.09 Å². The second-order valence-electron chi connectivity index (χ2n) is 8.49. The zero-order chi connectivity index (χ0) is 22.9. The Kier molecular flexibility index (Phi) is 6.23. The number of rotatable bonds is 5. The first-order valence-electron chi connectivity index (χ1n) is 10.8. The summed E-state index contributed by atoms with van der Waals surface area (Å²) in [6.45, 7) is 5.61. The molecule has 1 saturated heterocycles. The summed E-state index contributed by atoms with van der Waals surface area (Å²) >= 11 is 0. The summed E-state index contributed by atoms with van der Waals surface area (Å²) in [5.41, 5.74) is 2.06. The Balaban J connectivity index is 1.41. The molecule has 1 aromatic heterocycles. The van der Waals surface area contributed by atoms with Crippen molar-refractivity contribution < 1.29 is 18.5 Å². The monoisotopic (exact) mass is 459 g/mol. The molecular formula is C22H29N5O4S. The molecule has 1 amide bonds. The predicted octanol–water partition coefficient (Wildman–Crippen LogP) is 3.59. The van der Waals surface area contributed by atoms with Crippen LogP contribution < -0.4 is 9.64 Å². The van der Waals surface area contributed by atoms with E-state index in [0.717, 1.165) is 30.0 Å². The van der Waals surface area contributed by atoms with Crippen LogP contribution in [0.25, 0.3) is 0 Å². The van der Waals surface area contributed by atoms with E-state index < -0.39 is 9.73 Å². The number of anilines is 2. The third-order valence-electron chi connectivity index (χ3n) is 5.62. The van der Waals surface area contributed by atoms with E-state index in [1.54, 1.807) is 11.0 Å². The first-order valence-corrected chi connectivity index (χ1v) is 12.8. The maximum absolute atomic E-state index is 12.1. The van der Waals surface area contributed by atoms with Crippen LogP contribution in [0.1, 0.15) is 32.3 Å². The zero-order valence-electron chi connectivity index (χ0n) is 18.6. The van der Waals surface area contributed by atoms with Gasteiger partial charge in [-0.25, -0.2) is 23.8 Å². The number of aromatic nitrogens is 2. The van der Waals surface area contributed by atoms with Crippen LogP contribution in [0.15, 0.2) is 35.5 Å². The molecule has 3 heterocycles. The second-order valence-corrected chi connectivity index (χ2v) is 10.6. The molecule has 172 valence electrons. The number of benzene rings is 1. The van der Waals surface area contributed by atoms with Crippen LogP contribution in [0.3, 0.4) is 0 Å². The van der Waals surface area contributed by atoms with E-state index >= 15 is 0 Å². The molecule has 1 unspecified atom stereocenters. The van der Waals surface area contributed by atoms with E-state index in [4.69, 9.17) is 14.3 Å². The molecule has 9 nitrogen and oxygen atoms in total. The Hall–Kier alpha value is -2.88. The molecule has 2 aliphatic heterocycles. The molecule has 10 heteroatoms. The van der Waals surface area contributed by atoms with Crippen molar-refractivity contribution in [1.29, 1.82) is 4.78 Å². The van der Waals surface area contributed by atoms with Crippen molar-refractivity contribution in [3.05, 3.63) is 36.2 Å². The Morgan fingerprint density at radius 2 is 1.94 bits per heavy atom. The molecule has 0 bridgehead atoms. The summed E-state index contributed by atoms with van der Waals surface area (Å²) in [6, 6.07) is 7.35. The van der Waals surface area contributed by atoms with Crippen LogP contribution >= 0.6 is 0 Å². The lowest BCUT2D eigenvalue weighted by Gasteiger charge is -2.31. The Bertz CT molecular complexity index is 1100. The van der Waals surface area contributed by atoms with Crippen LogP contribution in [-0.2, 0) is 20.9 Å². The molecule has 0 radical (unpaired) electrons. The van der Waals surface area contributed by atoms with Gasteiger partial charge in [-0.1, -0.05) is 0 Å². The number of nitrogens with one attached hydrogen (secondary N) is 1. The van der Waals surface area contributed by atoms with Gasteiger partial charge in [0.05, 0.1) is 15.8 Å². The number of amides is 1. The molecule has 1 N–H and O–H groups in total. The number of hydrogen-bond acceptors (Lipinski definition) is 8. The highest BCUT2D eigenvalue weighted by molar-refractivity contribution is 7.91. The molecule has 1 aromatic carbocycles. The average Bonchev–Trinajstić information content (AvgIpc) is 3.17. The second kappa shape index (κ2) is 8.93. The fraction of sp³-hybridized carbons (Fsp3) is 0.500. The quantitative estimate of drug-likeness (QED) is 0.728. The van der Waals surface area contributed by atoms with Crippen molar-refractivity contribution in [2.45, 2.75) is 50.2 Å². The molecule has 1 atom stereocenters. The number of fused-ring (bicyclic) bond motifs is 1. The first kappa shape index (κ1) is 22.3. The van der Waals surface area contributed by atoms with Gasteiger partial charge in [0.2, 0.25) is 5.88 Å². The summed E-state index contributed by atoms with van der Waals surface area (Å²) in [5.74, 6) is 1.24. The van der Waals surface area contributed by atoms with Gasteiger partial charge in [-0.3, -0.25) is 0 Å². The van der Waals surface area contributed by atoms with E-state index in [1.807, 2.05) is 32.0 Å². The van der Waals surface area contributed by atoms with Gasteiger partial charge in [0.15, 0.2) is 0 Å². The van der Waals surface area contributed by atoms with Crippen molar-refractivity contribution in [2.75, 3.05) is 30.8 Å². The van der Waals surface area contributed by atoms with Gasteiger partial charge in [0.25, 0.3) is 0 Å². The lowest BCUT2D eigenvalue weighted by Crippen LogP contribution is -2.42. The minimum Gasteiger partial charge on any atom is -0.474 e. The summed E-state index contributed by atoms with van der Waals surface area (Å²) in [4.78, 5) is 25.1. The molecule has 0 saturated carbocycles. The average molecular weight is 460 g/mol. The number of likely N-dealkylation sites (tertiary alicyclic amines) is 1. The van der Waals surface area contributed by atoms with Crippen LogP contribution in [-0.4, -0.2) is 63.3 Å². The largest absolute Gasteiger partial charge is 0.474 e. The molecule has 2 aliphatic rings. The minimum atomic E-state index is -2.74. The highest BCUT2D eigenvalue weighted by Crippen LogP contribution is 2.35. The third-order valence-corrected chi connectivity index (χ3v) is 6.78. The molecule has 32 heavy (non-hydrogen) atoms. The minimum absolute atomic E-state index is 0.0240. The number of piperidine rings is 1. The number of ether oxygens (including phenoxy) is 2. The van der Waals surface area contributed by atoms with Crippen LogP contribution in [0.4, 0.5) is 16.3 Å². The Labute approximate surface area is 188 Å². The zero-order valence-corrected chi connectivity index (χ0v) is 19.4. The van der Waals surface area contributed by atoms with E-state index in [9.17, 15) is 9.00 Å². The van der Waals surface area contributed by atoms with Crippen LogP contribution in [0.2, 0.25) is 0 Å². The fourth-order valence-corrected chi connectivity index (χ4v) is 4.70. The van der Waals surface area contributed by atoms with Crippen LogP contribution in [0.5, 0.6) is 5.88 Å². The topological polar surface area (TPSA) is 109 Å². The highest BCUT2D eigenvalue weighted by atomic mass is 32.2. The number of hydrogen-bond donors (Lipinski definition) is 1. The first-order chi connectivity index (χ1) is 15.2. The van der Waals surface area contributed by atoms with Gasteiger partial charge < -0.3 is 19.3 Å². The predicted molar refractivity (Wildman–Crippen MR) is 121 cm³/mol. The Morgan fingerprint density at radius 1 is 1.19 bits per heavy atom. The van der Waals surface area contributed by atoms with E-state index in [0.29, 0.717) is 36.7 Å². The Morgan fingerprint density at radius 3 is 2.62 bits per heavy atom. The van der Waals surface area contributed by atoms with E-state index in [2.05, 4.69) is 14.9 Å². The maximum Gasteiger partial charge on any atom is 0.410 e. The van der Waals surface area contributed by atoms with Crippen molar-refractivity contribution in [3.63, 3.8) is 0 Å². The SMILES string of the molecule is CC(C)OC(=O)N1CCC(Oc2cc(N3CCc4cc(S(C)(=N)=O)ccc43)ncn2)CC1. The molecule has 4 rings (SSSR count). The number of carbonyl (C=O) groups excluding carboxylic acids is 1. The smallest absolute Gasteiger partial charge is 0.410 e. The normalized spacial score (nSPS) is 18.4. The van der Waals surface area contributed by atoms with Crippen LogP contribution in [0, 0.1) is 4.78 Å². The molecule has 1 fully saturated rings. The highest BCUT2D eigenvalue weighted by Gasteiger charge is 2.27. The lowest BCUT2D eigenvalue weighted by atomic mass is 10.1. The molecule has 0 aliphatic carbocycles. The van der Waals surface area contributed by atoms with Crippen molar-refractivity contribution in [2.24, 2.45) is 0 Å². The standard InChI is InChI=1S/C22H29N5O4S/c1-15(2)30-22(28)26-9-7-17(8-10-26)31-21-13-20(24-14-25-21)27-11-6-16-12-18(32(3,23)29)4-5-19(16)27/h4-5,12-15,17,23H,6-11H2,1-3H3. The summed E-state index contributed by atoms with van der Waals surface area (Å²) in [6.07, 6.45) is 4.73. The number of nitrogens with zero attached hydrogens (tertiary/aromatic N) is 4. The van der Waals surface area contributed by atoms with E-state index in [-0.39, 0.29) is 18.3 Å². The molecule has 2 aromatic rings. The maximum atomic E-state index is 12.1. The lowest BCUT2D eigenvalue weighted by molar-refractivity contribution is 0.0507. The van der Waals surface area contributed by atoms with Gasteiger partial charge in [-0.05, 0) is 44.0 Å². The van der Waals surface area contributed by atoms with Crippen molar-refractivity contribution >= 4 is 27.3 Å². The molecular weight excluding hydrogens is 430 g/mol. The summed E-state index contributed by atoms with van der Waals surface area (Å²) in [7, 11) is -2.74. The van der Waals surface area contributed by atoms with Crippen molar-refractivity contribution in [3.8, 4) is 5.88 Å². The molecule has 0 spiro atoms. The number of carbonyl (C=O) groups is 1. The van der Waals surface area contributed by atoms with Gasteiger partial charge in [-0.2, -0.15) is 0 Å². The van der Waals surface area contributed by atoms with Gasteiger partial charge in [0.1, 0.15) is 18.2 Å².